The maximum atomic E-state index is 14.5. The van der Waals surface area contributed by atoms with E-state index in [4.69, 9.17) is 14.2 Å². The van der Waals surface area contributed by atoms with Gasteiger partial charge in [-0.25, -0.2) is 0 Å². The number of aliphatic hydroxyl groups excluding tert-OH is 13. The molecule has 31 unspecified atom stereocenters. The minimum absolute atomic E-state index is 0.00861. The van der Waals surface area contributed by atoms with Crippen LogP contribution in [0, 0.1) is 92.7 Å². The van der Waals surface area contributed by atoms with Gasteiger partial charge in [-0.1, -0.05) is 41.5 Å². The summed E-state index contributed by atoms with van der Waals surface area (Å²) in [4.78, 5) is 29.8. The van der Waals surface area contributed by atoms with Crippen LogP contribution in [0.4, 0.5) is 0 Å². The number of ether oxygens (including phenoxy) is 3. The maximum absolute atomic E-state index is 14.5. The van der Waals surface area contributed by atoms with Crippen LogP contribution >= 0.6 is 0 Å². The van der Waals surface area contributed by atoms with Crippen LogP contribution in [0.25, 0.3) is 0 Å². The van der Waals surface area contributed by atoms with Crippen LogP contribution in [0.15, 0.2) is 0 Å². The molecule has 9 aliphatic rings. The molecule has 2 amide bonds. The Bertz CT molecular complexity index is 2260. The number of hydrogen-bond donors (Lipinski definition) is 15. The maximum Gasteiger partial charge on any atom is 0.222 e. The summed E-state index contributed by atoms with van der Waals surface area (Å²) in [5.74, 6) is 1.89. The quantitative estimate of drug-likeness (QED) is 0.0581. The minimum Gasteiger partial charge on any atom is -0.394 e. The average Bonchev–Trinajstić information content (AvgIpc) is 1.70. The van der Waals surface area contributed by atoms with Gasteiger partial charge in [-0.05, 0) is 215 Å². The lowest BCUT2D eigenvalue weighted by Crippen LogP contribution is -2.62. The molecule has 31 atom stereocenters. The highest BCUT2D eigenvalue weighted by molar-refractivity contribution is 5.76. The van der Waals surface area contributed by atoms with Crippen molar-refractivity contribution in [2.24, 2.45) is 92.7 Å². The fraction of sp³-hybridized carbons (Fsp3) is 0.970. The van der Waals surface area contributed by atoms with Crippen molar-refractivity contribution in [1.82, 2.24) is 15.5 Å². The van der Waals surface area contributed by atoms with E-state index >= 15 is 0 Å². The third kappa shape index (κ3) is 13.5. The molecule has 21 nitrogen and oxygen atoms in total. The Morgan fingerprint density at radius 2 is 1.10 bits per heavy atom. The Hall–Kier alpha value is -1.74. The van der Waals surface area contributed by atoms with Crippen LogP contribution in [0.1, 0.15) is 170 Å². The van der Waals surface area contributed by atoms with E-state index in [1.165, 1.54) is 7.11 Å². The van der Waals surface area contributed by atoms with Gasteiger partial charge in [-0.2, -0.15) is 0 Å². The molecule has 21 heteroatoms. The lowest BCUT2D eigenvalue weighted by molar-refractivity contribution is -0.362. The lowest BCUT2D eigenvalue weighted by atomic mass is 9.43. The van der Waals surface area contributed by atoms with Crippen molar-refractivity contribution in [1.29, 1.82) is 0 Å². The Balaban J connectivity index is 0.786. The zero-order valence-electron chi connectivity index (χ0n) is 53.3. The Labute approximate surface area is 516 Å². The SMILES string of the molecule is COC1OC(OC(C(O)CO)C(O)C(O)CNCCCN(CCCNC(=O)CCC(C)C2CCC3C4C(O)CC5CC(O)CCC5(C)C4CC(O)C23C)C(=O)CCC(C)C2CCC3C4C(O)CC5CC(O)CCC5(C)C4CC(O)C23C)C(O)C(O)C1O. The molecule has 0 radical (unpaired) electrons. The van der Waals surface area contributed by atoms with Crippen molar-refractivity contribution in [2.75, 3.05) is 46.4 Å². The molecule has 1 aliphatic heterocycles. The molecule has 8 aliphatic carbocycles. The zero-order valence-corrected chi connectivity index (χ0v) is 53.3. The molecule has 1 saturated heterocycles. The summed E-state index contributed by atoms with van der Waals surface area (Å²) in [6.07, 6.45) is -4.06. The van der Waals surface area contributed by atoms with Gasteiger partial charge in [-0.15, -0.1) is 0 Å². The van der Waals surface area contributed by atoms with Gasteiger partial charge in [-0.3, -0.25) is 9.59 Å². The predicted molar refractivity (Wildman–Crippen MR) is 320 cm³/mol. The molecule has 502 valence electrons. The summed E-state index contributed by atoms with van der Waals surface area (Å²) < 4.78 is 16.0. The molecule has 15 N–H and O–H groups in total. The second kappa shape index (κ2) is 28.5. The monoisotopic (exact) mass is 1240 g/mol. The zero-order chi connectivity index (χ0) is 63.2. The third-order valence-electron chi connectivity index (χ3n) is 26.4. The summed E-state index contributed by atoms with van der Waals surface area (Å²) >= 11 is 0. The van der Waals surface area contributed by atoms with Crippen molar-refractivity contribution in [3.05, 3.63) is 0 Å². The van der Waals surface area contributed by atoms with Crippen molar-refractivity contribution < 1.29 is 90.2 Å². The van der Waals surface area contributed by atoms with Gasteiger partial charge in [0.25, 0.3) is 0 Å². The fourth-order valence-corrected chi connectivity index (χ4v) is 21.2. The van der Waals surface area contributed by atoms with Gasteiger partial charge in [0.15, 0.2) is 12.6 Å². The van der Waals surface area contributed by atoms with Gasteiger partial charge in [0.2, 0.25) is 11.8 Å². The summed E-state index contributed by atoms with van der Waals surface area (Å²) in [6, 6.07) is 0. The molecule has 0 spiro atoms. The Morgan fingerprint density at radius 3 is 1.61 bits per heavy atom. The number of amides is 2. The standard InChI is InChI=1S/C66H115N3O18/c1-34(40-12-14-42-54-44(30-50(77)65(40,42)5)63(3)20-18-38(71)26-36(63)28-46(54)73)10-16-52(79)68-23-9-25-69(24-8-22-67-32-48(75)56(81)60(49(76)33-70)86-62-59(84)57(82)58(83)61(85-7)87-62)53(80)17-11-35(2)41-13-15-43-55-45(31-51(78)66(41,43)6)64(4)21-19-39(72)27-37(64)29-47(55)74/h34-51,54-62,67,70-78,81-84H,8-33H2,1-7H3,(H,68,79). The van der Waals surface area contributed by atoms with Gasteiger partial charge >= 0.3 is 0 Å². The number of aliphatic hydroxyl groups is 13. The van der Waals surface area contributed by atoms with E-state index in [2.05, 4.69) is 52.2 Å². The highest BCUT2D eigenvalue weighted by Gasteiger charge is 2.68. The van der Waals surface area contributed by atoms with Crippen LogP contribution in [0.2, 0.25) is 0 Å². The van der Waals surface area contributed by atoms with E-state index < -0.39 is 91.7 Å². The first-order valence-electron chi connectivity index (χ1n) is 34.0. The summed E-state index contributed by atoms with van der Waals surface area (Å²) in [5, 5.41) is 149. The first-order chi connectivity index (χ1) is 41.1. The molecular formula is C66H115N3O18. The van der Waals surface area contributed by atoms with Gasteiger partial charge < -0.3 is 96.1 Å². The normalized spacial score (nSPS) is 46.3. The first-order valence-corrected chi connectivity index (χ1v) is 34.0. The number of nitrogens with zero attached hydrogens (tertiary/aromatic N) is 1. The molecule has 9 fully saturated rings. The number of carbonyl (C=O) groups is 2. The van der Waals surface area contributed by atoms with E-state index in [0.717, 1.165) is 51.4 Å². The number of methoxy groups -OCH3 is 1. The molecule has 0 aromatic rings. The fourth-order valence-electron chi connectivity index (χ4n) is 21.2. The highest BCUT2D eigenvalue weighted by atomic mass is 16.8. The van der Waals surface area contributed by atoms with E-state index in [9.17, 15) is 76.0 Å². The summed E-state index contributed by atoms with van der Waals surface area (Å²) in [5.41, 5.74) is -0.838. The largest absolute Gasteiger partial charge is 0.394 e. The van der Waals surface area contributed by atoms with Crippen molar-refractivity contribution in [3.63, 3.8) is 0 Å². The Kier molecular flexibility index (Phi) is 22.8. The molecule has 1 heterocycles. The van der Waals surface area contributed by atoms with Gasteiger partial charge in [0.05, 0.1) is 49.3 Å². The molecule has 9 rings (SSSR count). The topological polar surface area (TPSA) is 352 Å². The van der Waals surface area contributed by atoms with Crippen LogP contribution in [-0.4, -0.2) is 221 Å². The number of fused-ring (bicyclic) bond motifs is 10. The highest BCUT2D eigenvalue weighted by Crippen LogP contribution is 2.70. The number of carbonyl (C=O) groups excluding carboxylic acids is 2. The molecule has 8 saturated carbocycles. The smallest absolute Gasteiger partial charge is 0.222 e. The van der Waals surface area contributed by atoms with Crippen LogP contribution in [0.3, 0.4) is 0 Å². The van der Waals surface area contributed by atoms with Crippen molar-refractivity contribution in [3.8, 4) is 0 Å². The van der Waals surface area contributed by atoms with Gasteiger partial charge in [0, 0.05) is 46.1 Å². The van der Waals surface area contributed by atoms with Crippen LogP contribution in [0.5, 0.6) is 0 Å². The van der Waals surface area contributed by atoms with Gasteiger partial charge in [0.1, 0.15) is 36.6 Å². The summed E-state index contributed by atoms with van der Waals surface area (Å²) in [7, 11) is 1.19. The summed E-state index contributed by atoms with van der Waals surface area (Å²) in [6.45, 7) is 13.7. The molecular weight excluding hydrogens is 1120 g/mol. The number of rotatable bonds is 25. The van der Waals surface area contributed by atoms with E-state index in [1.807, 2.05) is 0 Å². The number of hydrogen-bond acceptors (Lipinski definition) is 19. The third-order valence-corrected chi connectivity index (χ3v) is 26.4. The lowest BCUT2D eigenvalue weighted by Gasteiger charge is -2.63. The van der Waals surface area contributed by atoms with E-state index in [-0.39, 0.29) is 131 Å². The number of nitrogens with one attached hydrogen (secondary N) is 2. The van der Waals surface area contributed by atoms with Crippen LogP contribution < -0.4 is 10.6 Å². The minimum atomic E-state index is -1.84. The molecule has 0 aromatic heterocycles. The average molecular weight is 1240 g/mol. The second-order valence-electron chi connectivity index (χ2n) is 30.7. The Morgan fingerprint density at radius 1 is 0.609 bits per heavy atom. The van der Waals surface area contributed by atoms with Crippen LogP contribution in [-0.2, 0) is 23.8 Å². The van der Waals surface area contributed by atoms with Crippen molar-refractivity contribution >= 4 is 11.8 Å². The predicted octanol–water partition coefficient (Wildman–Crippen LogP) is 1.93. The first kappa shape index (κ1) is 69.6. The van der Waals surface area contributed by atoms with E-state index in [1.54, 1.807) is 4.90 Å². The second-order valence-corrected chi connectivity index (χ2v) is 30.7. The van der Waals surface area contributed by atoms with Crippen molar-refractivity contribution in [2.45, 2.75) is 262 Å². The molecule has 0 aromatic carbocycles. The molecule has 0 bridgehead atoms. The molecule has 87 heavy (non-hydrogen) atoms. The van der Waals surface area contributed by atoms with E-state index in [0.29, 0.717) is 90.3 Å².